The smallest absolute Gasteiger partial charge is 0.227 e. The SMILES string of the molecule is O=C(NCC(CC1CCNCC1c1ccccc1)c1ccccc1)C1CCCc2ccccc21. The van der Waals surface area contributed by atoms with E-state index in [1.165, 1.54) is 28.7 Å². The average molecular weight is 453 g/mol. The molecule has 0 bridgehead atoms. The van der Waals surface area contributed by atoms with Gasteiger partial charge in [-0.05, 0) is 72.7 Å². The number of benzene rings is 3. The van der Waals surface area contributed by atoms with Crippen LogP contribution in [0.4, 0.5) is 0 Å². The summed E-state index contributed by atoms with van der Waals surface area (Å²) < 4.78 is 0. The number of hydrogen-bond acceptors (Lipinski definition) is 2. The number of carbonyl (C=O) groups excluding carboxylic acids is 1. The van der Waals surface area contributed by atoms with Crippen LogP contribution in [0, 0.1) is 5.92 Å². The number of rotatable bonds is 7. The van der Waals surface area contributed by atoms with Crippen LogP contribution in [0.3, 0.4) is 0 Å². The highest BCUT2D eigenvalue weighted by atomic mass is 16.1. The largest absolute Gasteiger partial charge is 0.355 e. The summed E-state index contributed by atoms with van der Waals surface area (Å²) >= 11 is 0. The van der Waals surface area contributed by atoms with Crippen molar-refractivity contribution in [1.29, 1.82) is 0 Å². The number of amides is 1. The molecule has 1 aliphatic heterocycles. The summed E-state index contributed by atoms with van der Waals surface area (Å²) in [6.45, 7) is 2.80. The predicted octanol–water partition coefficient (Wildman–Crippen LogP) is 5.79. The first-order valence-corrected chi connectivity index (χ1v) is 13.0. The van der Waals surface area contributed by atoms with E-state index in [9.17, 15) is 4.79 Å². The Bertz CT molecular complexity index is 1070. The Kier molecular flexibility index (Phi) is 7.40. The molecule has 3 heteroatoms. The number of hydrogen-bond donors (Lipinski definition) is 2. The van der Waals surface area contributed by atoms with Crippen LogP contribution < -0.4 is 10.6 Å². The van der Waals surface area contributed by atoms with E-state index in [1.807, 2.05) is 0 Å². The van der Waals surface area contributed by atoms with Crippen molar-refractivity contribution in [1.82, 2.24) is 10.6 Å². The molecule has 3 nitrogen and oxygen atoms in total. The van der Waals surface area contributed by atoms with Gasteiger partial charge in [0.15, 0.2) is 0 Å². The van der Waals surface area contributed by atoms with Crippen LogP contribution in [0.25, 0.3) is 0 Å². The Morgan fingerprint density at radius 3 is 2.47 bits per heavy atom. The molecule has 1 amide bonds. The van der Waals surface area contributed by atoms with Crippen molar-refractivity contribution in [3.05, 3.63) is 107 Å². The quantitative estimate of drug-likeness (QED) is 0.476. The molecule has 0 spiro atoms. The molecule has 0 aromatic heterocycles. The molecule has 4 atom stereocenters. The molecule has 34 heavy (non-hydrogen) atoms. The van der Waals surface area contributed by atoms with Crippen LogP contribution in [-0.2, 0) is 11.2 Å². The van der Waals surface area contributed by atoms with Crippen LogP contribution >= 0.6 is 0 Å². The summed E-state index contributed by atoms with van der Waals surface area (Å²) in [5.41, 5.74) is 5.32. The van der Waals surface area contributed by atoms with Gasteiger partial charge in [0.1, 0.15) is 0 Å². The predicted molar refractivity (Wildman–Crippen MR) is 139 cm³/mol. The molecule has 176 valence electrons. The van der Waals surface area contributed by atoms with Gasteiger partial charge in [0.05, 0.1) is 5.92 Å². The number of fused-ring (bicyclic) bond motifs is 1. The zero-order chi connectivity index (χ0) is 23.2. The van der Waals surface area contributed by atoms with Gasteiger partial charge in [-0.3, -0.25) is 4.79 Å². The second-order valence-electron chi connectivity index (χ2n) is 10.0. The first-order valence-electron chi connectivity index (χ1n) is 13.0. The minimum Gasteiger partial charge on any atom is -0.355 e. The van der Waals surface area contributed by atoms with Gasteiger partial charge in [-0.2, -0.15) is 0 Å². The van der Waals surface area contributed by atoms with Gasteiger partial charge >= 0.3 is 0 Å². The summed E-state index contributed by atoms with van der Waals surface area (Å²) in [4.78, 5) is 13.4. The lowest BCUT2D eigenvalue weighted by molar-refractivity contribution is -0.123. The minimum atomic E-state index is -0.0164. The fraction of sp³-hybridized carbons (Fsp3) is 0.387. The van der Waals surface area contributed by atoms with Crippen LogP contribution in [0.2, 0.25) is 0 Å². The number of piperidine rings is 1. The van der Waals surface area contributed by atoms with Crippen LogP contribution in [-0.4, -0.2) is 25.5 Å². The molecule has 2 N–H and O–H groups in total. The molecule has 5 rings (SSSR count). The van der Waals surface area contributed by atoms with E-state index in [0.717, 1.165) is 38.8 Å². The number of aryl methyl sites for hydroxylation is 1. The molecule has 0 radical (unpaired) electrons. The summed E-state index contributed by atoms with van der Waals surface area (Å²) in [6.07, 6.45) is 5.39. The number of carbonyl (C=O) groups is 1. The first-order chi connectivity index (χ1) is 16.8. The van der Waals surface area contributed by atoms with Gasteiger partial charge in [0, 0.05) is 19.0 Å². The maximum atomic E-state index is 13.4. The van der Waals surface area contributed by atoms with Crippen LogP contribution in [0.1, 0.15) is 65.7 Å². The minimum absolute atomic E-state index is 0.0164. The lowest BCUT2D eigenvalue weighted by atomic mass is 9.75. The van der Waals surface area contributed by atoms with Gasteiger partial charge < -0.3 is 10.6 Å². The van der Waals surface area contributed by atoms with Crippen molar-refractivity contribution in [3.8, 4) is 0 Å². The third-order valence-electron chi connectivity index (χ3n) is 7.92. The zero-order valence-corrected chi connectivity index (χ0v) is 20.0. The van der Waals surface area contributed by atoms with Gasteiger partial charge in [-0.25, -0.2) is 0 Å². The standard InChI is InChI=1S/C31H36N2O/c34-31(29-17-9-15-24-14-7-8-16-28(24)29)33-21-27(23-10-3-1-4-11-23)20-26-18-19-32-22-30(26)25-12-5-2-6-13-25/h1-8,10-14,16,26-27,29-30,32H,9,15,17-22H2,(H,33,34). The van der Waals surface area contributed by atoms with E-state index in [2.05, 4.69) is 95.6 Å². The summed E-state index contributed by atoms with van der Waals surface area (Å²) in [7, 11) is 0. The summed E-state index contributed by atoms with van der Waals surface area (Å²) in [6, 6.07) is 30.2. The van der Waals surface area contributed by atoms with E-state index in [1.54, 1.807) is 0 Å². The summed E-state index contributed by atoms with van der Waals surface area (Å²) in [5, 5.41) is 6.99. The van der Waals surface area contributed by atoms with Crippen molar-refractivity contribution in [2.45, 2.75) is 49.9 Å². The monoisotopic (exact) mass is 452 g/mol. The highest BCUT2D eigenvalue weighted by Gasteiger charge is 2.31. The van der Waals surface area contributed by atoms with Gasteiger partial charge in [-0.15, -0.1) is 0 Å². The van der Waals surface area contributed by atoms with Crippen molar-refractivity contribution in [2.75, 3.05) is 19.6 Å². The van der Waals surface area contributed by atoms with E-state index < -0.39 is 0 Å². The Hall–Kier alpha value is -2.91. The van der Waals surface area contributed by atoms with E-state index in [0.29, 0.717) is 24.3 Å². The molecule has 1 saturated heterocycles. The molecule has 1 heterocycles. The molecular weight excluding hydrogens is 416 g/mol. The third-order valence-corrected chi connectivity index (χ3v) is 7.92. The first kappa shape index (κ1) is 22.9. The van der Waals surface area contributed by atoms with E-state index in [4.69, 9.17) is 0 Å². The van der Waals surface area contributed by atoms with Crippen molar-refractivity contribution < 1.29 is 4.79 Å². The Labute approximate surface area is 204 Å². The molecular formula is C31H36N2O. The van der Waals surface area contributed by atoms with Crippen molar-refractivity contribution in [2.24, 2.45) is 5.92 Å². The Balaban J connectivity index is 1.32. The lowest BCUT2D eigenvalue weighted by Gasteiger charge is -2.35. The molecule has 2 aliphatic rings. The molecule has 4 unspecified atom stereocenters. The molecule has 1 fully saturated rings. The summed E-state index contributed by atoms with van der Waals surface area (Å²) in [5.74, 6) is 1.61. The molecule has 0 saturated carbocycles. The van der Waals surface area contributed by atoms with Crippen molar-refractivity contribution >= 4 is 5.91 Å². The van der Waals surface area contributed by atoms with Crippen LogP contribution in [0.5, 0.6) is 0 Å². The van der Waals surface area contributed by atoms with Gasteiger partial charge in [-0.1, -0.05) is 84.9 Å². The highest BCUT2D eigenvalue weighted by molar-refractivity contribution is 5.84. The maximum absolute atomic E-state index is 13.4. The van der Waals surface area contributed by atoms with Gasteiger partial charge in [0.25, 0.3) is 0 Å². The second kappa shape index (κ2) is 11.0. The Morgan fingerprint density at radius 2 is 1.65 bits per heavy atom. The average Bonchev–Trinajstić information content (AvgIpc) is 2.91. The molecule has 3 aromatic rings. The maximum Gasteiger partial charge on any atom is 0.227 e. The van der Waals surface area contributed by atoms with E-state index in [-0.39, 0.29) is 11.8 Å². The fourth-order valence-electron chi connectivity index (χ4n) is 6.09. The van der Waals surface area contributed by atoms with Crippen LogP contribution in [0.15, 0.2) is 84.9 Å². The Morgan fingerprint density at radius 1 is 0.912 bits per heavy atom. The third kappa shape index (κ3) is 5.26. The zero-order valence-electron chi connectivity index (χ0n) is 20.0. The second-order valence-corrected chi connectivity index (χ2v) is 10.0. The molecule has 1 aliphatic carbocycles. The van der Waals surface area contributed by atoms with E-state index >= 15 is 0 Å². The number of nitrogens with one attached hydrogen (secondary N) is 2. The normalized spacial score (nSPS) is 23.0. The fourth-order valence-corrected chi connectivity index (χ4v) is 6.09. The van der Waals surface area contributed by atoms with Crippen molar-refractivity contribution in [3.63, 3.8) is 0 Å². The highest BCUT2D eigenvalue weighted by Crippen LogP contribution is 2.37. The topological polar surface area (TPSA) is 41.1 Å². The van der Waals surface area contributed by atoms with Gasteiger partial charge in [0.2, 0.25) is 5.91 Å². The lowest BCUT2D eigenvalue weighted by Crippen LogP contribution is -2.38. The molecule has 3 aromatic carbocycles.